The summed E-state index contributed by atoms with van der Waals surface area (Å²) in [5, 5.41) is 3.47. The normalized spacial score (nSPS) is 25.1. The SMILES string of the molecule is Cc1ccc(C(C)NCC2CCC(C)(C)O2)o1. The van der Waals surface area contributed by atoms with Crippen molar-refractivity contribution in [3.05, 3.63) is 23.7 Å². The Bertz CT molecular complexity index is 370. The fraction of sp³-hybridized carbons (Fsp3) is 0.714. The summed E-state index contributed by atoms with van der Waals surface area (Å²) in [6, 6.07) is 4.28. The van der Waals surface area contributed by atoms with Crippen LogP contribution in [0.15, 0.2) is 16.5 Å². The average molecular weight is 237 g/mol. The van der Waals surface area contributed by atoms with Crippen LogP contribution in [0.4, 0.5) is 0 Å². The minimum Gasteiger partial charge on any atom is -0.465 e. The van der Waals surface area contributed by atoms with E-state index in [0.717, 1.165) is 30.9 Å². The van der Waals surface area contributed by atoms with Gasteiger partial charge in [0.25, 0.3) is 0 Å². The highest BCUT2D eigenvalue weighted by molar-refractivity contribution is 5.08. The summed E-state index contributed by atoms with van der Waals surface area (Å²) in [6.45, 7) is 9.31. The number of hydrogen-bond acceptors (Lipinski definition) is 3. The zero-order valence-electron chi connectivity index (χ0n) is 11.2. The highest BCUT2D eigenvalue weighted by atomic mass is 16.5. The van der Waals surface area contributed by atoms with Gasteiger partial charge in [0, 0.05) is 6.54 Å². The second kappa shape index (κ2) is 4.83. The molecule has 0 radical (unpaired) electrons. The van der Waals surface area contributed by atoms with E-state index in [-0.39, 0.29) is 11.6 Å². The molecule has 0 spiro atoms. The highest BCUT2D eigenvalue weighted by Gasteiger charge is 2.31. The van der Waals surface area contributed by atoms with Crippen molar-refractivity contribution in [3.63, 3.8) is 0 Å². The molecule has 0 amide bonds. The Morgan fingerprint density at radius 2 is 2.24 bits per heavy atom. The standard InChI is InChI=1S/C14H23NO2/c1-10-5-6-13(16-10)11(2)15-9-12-7-8-14(3,4)17-12/h5-6,11-12,15H,7-9H2,1-4H3. The maximum Gasteiger partial charge on any atom is 0.120 e. The minimum absolute atomic E-state index is 0.0524. The first-order chi connectivity index (χ1) is 7.96. The van der Waals surface area contributed by atoms with Gasteiger partial charge in [0.15, 0.2) is 0 Å². The van der Waals surface area contributed by atoms with E-state index in [1.54, 1.807) is 0 Å². The summed E-state index contributed by atoms with van der Waals surface area (Å²) < 4.78 is 11.5. The molecule has 2 heterocycles. The molecule has 2 rings (SSSR count). The van der Waals surface area contributed by atoms with Gasteiger partial charge >= 0.3 is 0 Å². The molecule has 1 aromatic rings. The van der Waals surface area contributed by atoms with E-state index in [1.165, 1.54) is 0 Å². The lowest BCUT2D eigenvalue weighted by Crippen LogP contribution is -2.30. The first-order valence-corrected chi connectivity index (χ1v) is 6.44. The molecule has 1 aromatic heterocycles. The molecule has 17 heavy (non-hydrogen) atoms. The molecular weight excluding hydrogens is 214 g/mol. The van der Waals surface area contributed by atoms with Crippen LogP contribution in [-0.4, -0.2) is 18.2 Å². The predicted octanol–water partition coefficient (Wildman–Crippen LogP) is 3.20. The van der Waals surface area contributed by atoms with Gasteiger partial charge in [-0.2, -0.15) is 0 Å². The molecule has 0 aliphatic carbocycles. The molecule has 0 aromatic carbocycles. The van der Waals surface area contributed by atoms with Crippen LogP contribution in [-0.2, 0) is 4.74 Å². The largest absolute Gasteiger partial charge is 0.465 e. The molecule has 1 saturated heterocycles. The van der Waals surface area contributed by atoms with Crippen molar-refractivity contribution >= 4 is 0 Å². The van der Waals surface area contributed by atoms with Crippen molar-refractivity contribution in [3.8, 4) is 0 Å². The van der Waals surface area contributed by atoms with Crippen molar-refractivity contribution in [1.29, 1.82) is 0 Å². The van der Waals surface area contributed by atoms with Crippen LogP contribution in [0.2, 0.25) is 0 Å². The van der Waals surface area contributed by atoms with Crippen molar-refractivity contribution < 1.29 is 9.15 Å². The van der Waals surface area contributed by atoms with Gasteiger partial charge in [0.05, 0.1) is 17.7 Å². The number of furan rings is 1. The van der Waals surface area contributed by atoms with E-state index in [9.17, 15) is 0 Å². The first-order valence-electron chi connectivity index (χ1n) is 6.44. The lowest BCUT2D eigenvalue weighted by Gasteiger charge is -2.20. The molecule has 2 atom stereocenters. The van der Waals surface area contributed by atoms with E-state index in [2.05, 4.69) is 26.1 Å². The molecule has 3 nitrogen and oxygen atoms in total. The van der Waals surface area contributed by atoms with Crippen molar-refractivity contribution in [2.45, 2.75) is 58.3 Å². The van der Waals surface area contributed by atoms with Crippen LogP contribution < -0.4 is 5.32 Å². The van der Waals surface area contributed by atoms with Gasteiger partial charge in [-0.05, 0) is 52.7 Å². The Labute approximate surface area is 104 Å². The fourth-order valence-electron chi connectivity index (χ4n) is 2.32. The predicted molar refractivity (Wildman–Crippen MR) is 68.0 cm³/mol. The van der Waals surface area contributed by atoms with Gasteiger partial charge in [-0.3, -0.25) is 0 Å². The second-order valence-electron chi connectivity index (χ2n) is 5.62. The molecule has 2 unspecified atom stereocenters. The Balaban J connectivity index is 1.79. The van der Waals surface area contributed by atoms with Crippen LogP contribution in [0.1, 0.15) is 51.2 Å². The second-order valence-corrected chi connectivity index (χ2v) is 5.62. The topological polar surface area (TPSA) is 34.4 Å². The molecule has 1 aliphatic rings. The quantitative estimate of drug-likeness (QED) is 0.873. The lowest BCUT2D eigenvalue weighted by molar-refractivity contribution is -0.0151. The van der Waals surface area contributed by atoms with Gasteiger partial charge in [0.1, 0.15) is 11.5 Å². The maximum atomic E-state index is 5.95. The van der Waals surface area contributed by atoms with Gasteiger partial charge in [-0.15, -0.1) is 0 Å². The van der Waals surface area contributed by atoms with Crippen molar-refractivity contribution in [1.82, 2.24) is 5.32 Å². The maximum absolute atomic E-state index is 5.95. The Hall–Kier alpha value is -0.800. The molecule has 3 heteroatoms. The number of rotatable bonds is 4. The van der Waals surface area contributed by atoms with E-state index in [4.69, 9.17) is 9.15 Å². The van der Waals surface area contributed by atoms with Crippen LogP contribution in [0.25, 0.3) is 0 Å². The number of hydrogen-bond donors (Lipinski definition) is 1. The Morgan fingerprint density at radius 1 is 1.47 bits per heavy atom. The molecule has 1 fully saturated rings. The molecule has 0 saturated carbocycles. The summed E-state index contributed by atoms with van der Waals surface area (Å²) in [5.74, 6) is 1.96. The molecule has 1 N–H and O–H groups in total. The van der Waals surface area contributed by atoms with E-state index >= 15 is 0 Å². The monoisotopic (exact) mass is 237 g/mol. The summed E-state index contributed by atoms with van der Waals surface area (Å²) in [4.78, 5) is 0. The third-order valence-electron chi connectivity index (χ3n) is 3.39. The molecule has 1 aliphatic heterocycles. The van der Waals surface area contributed by atoms with Gasteiger partial charge < -0.3 is 14.5 Å². The van der Waals surface area contributed by atoms with Crippen LogP contribution >= 0.6 is 0 Å². The smallest absolute Gasteiger partial charge is 0.120 e. The van der Waals surface area contributed by atoms with Gasteiger partial charge in [-0.1, -0.05) is 0 Å². The van der Waals surface area contributed by atoms with Crippen molar-refractivity contribution in [2.24, 2.45) is 0 Å². The van der Waals surface area contributed by atoms with Crippen molar-refractivity contribution in [2.75, 3.05) is 6.54 Å². The number of ether oxygens (including phenoxy) is 1. The van der Waals surface area contributed by atoms with E-state index in [0.29, 0.717) is 6.10 Å². The zero-order chi connectivity index (χ0) is 12.5. The first kappa shape index (κ1) is 12.7. The fourth-order valence-corrected chi connectivity index (χ4v) is 2.32. The Kier molecular flexibility index (Phi) is 3.59. The average Bonchev–Trinajstić information content (AvgIpc) is 2.81. The molecule has 0 bridgehead atoms. The number of nitrogens with one attached hydrogen (secondary N) is 1. The number of aryl methyl sites for hydroxylation is 1. The Morgan fingerprint density at radius 3 is 2.76 bits per heavy atom. The van der Waals surface area contributed by atoms with E-state index in [1.807, 2.05) is 19.1 Å². The van der Waals surface area contributed by atoms with Crippen LogP contribution in [0, 0.1) is 6.92 Å². The van der Waals surface area contributed by atoms with E-state index < -0.39 is 0 Å². The summed E-state index contributed by atoms with van der Waals surface area (Å²) in [5.41, 5.74) is 0.0524. The third-order valence-corrected chi connectivity index (χ3v) is 3.39. The van der Waals surface area contributed by atoms with Crippen LogP contribution in [0.3, 0.4) is 0 Å². The summed E-state index contributed by atoms with van der Waals surface area (Å²) in [6.07, 6.45) is 2.63. The summed E-state index contributed by atoms with van der Waals surface area (Å²) in [7, 11) is 0. The summed E-state index contributed by atoms with van der Waals surface area (Å²) >= 11 is 0. The highest BCUT2D eigenvalue weighted by Crippen LogP contribution is 2.29. The molecule has 96 valence electrons. The van der Waals surface area contributed by atoms with Gasteiger partial charge in [0.2, 0.25) is 0 Å². The lowest BCUT2D eigenvalue weighted by atomic mass is 10.1. The third kappa shape index (κ3) is 3.33. The zero-order valence-corrected chi connectivity index (χ0v) is 11.2. The van der Waals surface area contributed by atoms with Crippen LogP contribution in [0.5, 0.6) is 0 Å². The minimum atomic E-state index is 0.0524. The molecular formula is C14H23NO2. The van der Waals surface area contributed by atoms with Gasteiger partial charge in [-0.25, -0.2) is 0 Å².